The molecule has 3 aromatic carbocycles. The van der Waals surface area contributed by atoms with E-state index in [4.69, 9.17) is 0 Å². The van der Waals surface area contributed by atoms with Gasteiger partial charge in [0.05, 0.1) is 5.56 Å². The van der Waals surface area contributed by atoms with Gasteiger partial charge in [-0.25, -0.2) is 0 Å². The highest BCUT2D eigenvalue weighted by Crippen LogP contribution is 2.37. The molecular weight excluding hydrogens is 386 g/mol. The Hall–Kier alpha value is -3.15. The maximum absolute atomic E-state index is 13.2. The Balaban J connectivity index is 1.44. The van der Waals surface area contributed by atoms with Crippen LogP contribution in [0.1, 0.15) is 33.8 Å². The highest BCUT2D eigenvalue weighted by atomic mass is 16.3. The van der Waals surface area contributed by atoms with Gasteiger partial charge in [-0.15, -0.1) is 0 Å². The second kappa shape index (κ2) is 8.53. The van der Waals surface area contributed by atoms with Crippen molar-refractivity contribution in [3.63, 3.8) is 0 Å². The van der Waals surface area contributed by atoms with Crippen LogP contribution in [-0.2, 0) is 0 Å². The number of carbonyl (C=O) groups excluding carboxylic acids is 1. The van der Waals surface area contributed by atoms with Crippen LogP contribution in [0.15, 0.2) is 84.9 Å². The standard InChI is InChI=1S/C26H27N3O2/c30-23-14-8-7-13-20(23)26(31)29-16-15-22-21(17-29)25(28-27-22)24(18-9-3-1-4-10-18)19-11-5-2-6-12-19/h1-14,21-22,24-25,27-28,30H,15-17H2. The maximum atomic E-state index is 13.2. The van der Waals surface area contributed by atoms with Gasteiger partial charge in [0.2, 0.25) is 0 Å². The average molecular weight is 414 g/mol. The molecule has 1 amide bonds. The molecule has 2 fully saturated rings. The number of fused-ring (bicyclic) bond motifs is 1. The maximum Gasteiger partial charge on any atom is 0.257 e. The number of likely N-dealkylation sites (tertiary alicyclic amines) is 1. The summed E-state index contributed by atoms with van der Waals surface area (Å²) in [6, 6.07) is 28.4. The number of rotatable bonds is 4. The molecule has 5 rings (SSSR count). The van der Waals surface area contributed by atoms with Crippen LogP contribution in [0.2, 0.25) is 0 Å². The van der Waals surface area contributed by atoms with E-state index >= 15 is 0 Å². The Bertz CT molecular complexity index is 1000. The van der Waals surface area contributed by atoms with E-state index in [1.165, 1.54) is 11.1 Å². The van der Waals surface area contributed by atoms with Crippen molar-refractivity contribution in [1.82, 2.24) is 15.8 Å². The molecule has 2 heterocycles. The van der Waals surface area contributed by atoms with Crippen LogP contribution in [0.4, 0.5) is 0 Å². The molecule has 2 saturated heterocycles. The van der Waals surface area contributed by atoms with Gasteiger partial charge in [0, 0.05) is 37.0 Å². The van der Waals surface area contributed by atoms with Gasteiger partial charge >= 0.3 is 0 Å². The summed E-state index contributed by atoms with van der Waals surface area (Å²) in [5, 5.41) is 10.2. The number of amides is 1. The van der Waals surface area contributed by atoms with Crippen molar-refractivity contribution < 1.29 is 9.90 Å². The highest BCUT2D eigenvalue weighted by Gasteiger charge is 2.45. The molecule has 0 aromatic heterocycles. The molecular formula is C26H27N3O2. The number of aromatic hydroxyl groups is 1. The third-order valence-corrected chi connectivity index (χ3v) is 6.65. The fourth-order valence-corrected chi connectivity index (χ4v) is 5.10. The molecule has 0 radical (unpaired) electrons. The zero-order valence-electron chi connectivity index (χ0n) is 17.3. The quantitative estimate of drug-likeness (QED) is 0.612. The molecule has 5 heteroatoms. The molecule has 2 aliphatic rings. The number of nitrogens with one attached hydrogen (secondary N) is 2. The fraction of sp³-hybridized carbons (Fsp3) is 0.269. The van der Waals surface area contributed by atoms with Gasteiger partial charge in [0.15, 0.2) is 0 Å². The highest BCUT2D eigenvalue weighted by molar-refractivity contribution is 5.96. The van der Waals surface area contributed by atoms with Crippen LogP contribution in [0.3, 0.4) is 0 Å². The lowest BCUT2D eigenvalue weighted by atomic mass is 9.76. The Morgan fingerprint density at radius 3 is 2.13 bits per heavy atom. The van der Waals surface area contributed by atoms with Gasteiger partial charge in [-0.1, -0.05) is 72.8 Å². The van der Waals surface area contributed by atoms with E-state index in [-0.39, 0.29) is 29.5 Å². The van der Waals surface area contributed by atoms with E-state index in [1.54, 1.807) is 24.3 Å². The van der Waals surface area contributed by atoms with Crippen LogP contribution in [-0.4, -0.2) is 41.1 Å². The van der Waals surface area contributed by atoms with Crippen LogP contribution in [0, 0.1) is 5.92 Å². The first-order valence-corrected chi connectivity index (χ1v) is 10.9. The lowest BCUT2D eigenvalue weighted by Crippen LogP contribution is -2.49. The smallest absolute Gasteiger partial charge is 0.257 e. The van der Waals surface area contributed by atoms with Crippen molar-refractivity contribution in [3.05, 3.63) is 102 Å². The second-order valence-corrected chi connectivity index (χ2v) is 8.44. The van der Waals surface area contributed by atoms with Crippen LogP contribution in [0.5, 0.6) is 5.75 Å². The van der Waals surface area contributed by atoms with Gasteiger partial charge in [-0.3, -0.25) is 15.6 Å². The van der Waals surface area contributed by atoms with Gasteiger partial charge in [-0.05, 0) is 29.7 Å². The lowest BCUT2D eigenvalue weighted by Gasteiger charge is -2.38. The number of para-hydroxylation sites is 1. The van der Waals surface area contributed by atoms with Gasteiger partial charge < -0.3 is 10.0 Å². The molecule has 31 heavy (non-hydrogen) atoms. The Labute approximate surface area is 182 Å². The predicted molar refractivity (Wildman–Crippen MR) is 121 cm³/mol. The summed E-state index contributed by atoms with van der Waals surface area (Å²) >= 11 is 0. The molecule has 158 valence electrons. The van der Waals surface area contributed by atoms with E-state index in [0.29, 0.717) is 24.7 Å². The zero-order chi connectivity index (χ0) is 21.2. The average Bonchev–Trinajstić information content (AvgIpc) is 3.23. The van der Waals surface area contributed by atoms with Crippen LogP contribution >= 0.6 is 0 Å². The van der Waals surface area contributed by atoms with Crippen molar-refractivity contribution >= 4 is 5.91 Å². The number of benzene rings is 3. The summed E-state index contributed by atoms with van der Waals surface area (Å²) < 4.78 is 0. The summed E-state index contributed by atoms with van der Waals surface area (Å²) in [6.07, 6.45) is 0.879. The van der Waals surface area contributed by atoms with Gasteiger partial charge in [0.25, 0.3) is 5.91 Å². The largest absolute Gasteiger partial charge is 0.507 e. The molecule has 0 spiro atoms. The summed E-state index contributed by atoms with van der Waals surface area (Å²) in [4.78, 5) is 15.0. The van der Waals surface area contributed by atoms with Gasteiger partial charge in [0.1, 0.15) is 5.75 Å². The minimum absolute atomic E-state index is 0.0419. The molecule has 5 nitrogen and oxygen atoms in total. The minimum Gasteiger partial charge on any atom is -0.507 e. The van der Waals surface area contributed by atoms with Crippen molar-refractivity contribution in [3.8, 4) is 5.75 Å². The van der Waals surface area contributed by atoms with Crippen molar-refractivity contribution in [1.29, 1.82) is 0 Å². The Morgan fingerprint density at radius 2 is 1.48 bits per heavy atom. The molecule has 0 bridgehead atoms. The molecule has 0 aliphatic carbocycles. The molecule has 3 atom stereocenters. The minimum atomic E-state index is -0.0989. The number of piperidine rings is 1. The van der Waals surface area contributed by atoms with E-state index in [2.05, 4.69) is 59.4 Å². The number of nitrogens with zero attached hydrogens (tertiary/aromatic N) is 1. The van der Waals surface area contributed by atoms with Gasteiger partial charge in [-0.2, -0.15) is 0 Å². The first-order chi connectivity index (χ1) is 15.2. The summed E-state index contributed by atoms with van der Waals surface area (Å²) in [7, 11) is 0. The summed E-state index contributed by atoms with van der Waals surface area (Å²) in [6.45, 7) is 1.33. The summed E-state index contributed by atoms with van der Waals surface area (Å²) in [5.74, 6) is 0.373. The van der Waals surface area contributed by atoms with Crippen LogP contribution < -0.4 is 10.9 Å². The normalized spacial score (nSPS) is 23.0. The predicted octanol–water partition coefficient (Wildman–Crippen LogP) is 3.53. The third kappa shape index (κ3) is 3.82. The molecule has 3 unspecified atom stereocenters. The molecule has 2 aliphatic heterocycles. The number of hydrogen-bond acceptors (Lipinski definition) is 4. The van der Waals surface area contributed by atoms with E-state index in [1.807, 2.05) is 17.0 Å². The monoisotopic (exact) mass is 413 g/mol. The zero-order valence-corrected chi connectivity index (χ0v) is 17.3. The number of hydrogen-bond donors (Lipinski definition) is 3. The fourth-order valence-electron chi connectivity index (χ4n) is 5.10. The first kappa shape index (κ1) is 19.8. The van der Waals surface area contributed by atoms with E-state index in [0.717, 1.165) is 6.42 Å². The summed E-state index contributed by atoms with van der Waals surface area (Å²) in [5.41, 5.74) is 9.97. The number of hydrazine groups is 1. The van der Waals surface area contributed by atoms with Crippen LogP contribution in [0.25, 0.3) is 0 Å². The number of carbonyl (C=O) groups is 1. The van der Waals surface area contributed by atoms with Crippen molar-refractivity contribution in [2.45, 2.75) is 24.4 Å². The Morgan fingerprint density at radius 1 is 0.871 bits per heavy atom. The first-order valence-electron chi connectivity index (χ1n) is 10.9. The SMILES string of the molecule is O=C(c1ccccc1O)N1CCC2NNC(C(c3ccccc3)c3ccccc3)C2C1. The number of phenols is 1. The van der Waals surface area contributed by atoms with E-state index < -0.39 is 0 Å². The van der Waals surface area contributed by atoms with E-state index in [9.17, 15) is 9.90 Å². The van der Waals surface area contributed by atoms with Crippen molar-refractivity contribution in [2.75, 3.05) is 13.1 Å². The third-order valence-electron chi connectivity index (χ3n) is 6.65. The van der Waals surface area contributed by atoms with Crippen molar-refractivity contribution in [2.24, 2.45) is 5.92 Å². The molecule has 0 saturated carbocycles. The topological polar surface area (TPSA) is 64.6 Å². The number of phenolic OH excluding ortho intramolecular Hbond substituents is 1. The molecule has 3 N–H and O–H groups in total. The molecule has 3 aromatic rings. The lowest BCUT2D eigenvalue weighted by molar-refractivity contribution is 0.0646. The second-order valence-electron chi connectivity index (χ2n) is 8.44. The Kier molecular flexibility index (Phi) is 5.45.